The molecule has 0 amide bonds. The molecule has 0 aliphatic heterocycles. The van der Waals surface area contributed by atoms with Crippen LogP contribution in [0.4, 0.5) is 0 Å². The number of para-hydroxylation sites is 3. The van der Waals surface area contributed by atoms with Gasteiger partial charge in [-0.15, -0.1) is 11.3 Å². The highest BCUT2D eigenvalue weighted by atomic mass is 32.1. The molecule has 0 bridgehead atoms. The fourth-order valence-electron chi connectivity index (χ4n) is 6.71. The first kappa shape index (κ1) is 21.3. The Balaban J connectivity index is 1.42. The van der Waals surface area contributed by atoms with Crippen molar-refractivity contribution in [1.82, 2.24) is 9.13 Å². The van der Waals surface area contributed by atoms with E-state index < -0.39 is 0 Å². The Morgan fingerprint density at radius 1 is 0.538 bits per heavy atom. The smallest absolute Gasteiger partial charge is 0.0719 e. The van der Waals surface area contributed by atoms with E-state index in [-0.39, 0.29) is 0 Å². The molecule has 0 N–H and O–H groups in total. The Labute approximate surface area is 229 Å². The summed E-state index contributed by atoms with van der Waals surface area (Å²) in [5, 5.41) is 6.59. The molecule has 1 aliphatic rings. The van der Waals surface area contributed by atoms with Gasteiger partial charge >= 0.3 is 0 Å². The summed E-state index contributed by atoms with van der Waals surface area (Å²) in [6.45, 7) is 0. The molecule has 2 nitrogen and oxygen atoms in total. The van der Waals surface area contributed by atoms with Crippen LogP contribution in [-0.4, -0.2) is 9.13 Å². The van der Waals surface area contributed by atoms with E-state index in [0.717, 1.165) is 12.8 Å². The third-order valence-corrected chi connectivity index (χ3v) is 9.60. The monoisotopic (exact) mass is 516 g/mol. The Morgan fingerprint density at radius 3 is 2.03 bits per heavy atom. The predicted molar refractivity (Wildman–Crippen MR) is 168 cm³/mol. The third kappa shape index (κ3) is 2.91. The van der Waals surface area contributed by atoms with Crippen LogP contribution in [-0.2, 0) is 6.42 Å². The van der Waals surface area contributed by atoms with Crippen molar-refractivity contribution in [1.29, 1.82) is 0 Å². The minimum absolute atomic E-state index is 1.13. The molecule has 9 rings (SSSR count). The van der Waals surface area contributed by atoms with Crippen LogP contribution in [0.2, 0.25) is 0 Å². The third-order valence-electron chi connectivity index (χ3n) is 8.38. The van der Waals surface area contributed by atoms with Gasteiger partial charge in [-0.3, -0.25) is 0 Å². The molecule has 3 heterocycles. The number of aryl methyl sites for hydroxylation is 1. The van der Waals surface area contributed by atoms with Crippen molar-refractivity contribution in [3.63, 3.8) is 0 Å². The van der Waals surface area contributed by atoms with Crippen LogP contribution < -0.4 is 0 Å². The van der Waals surface area contributed by atoms with E-state index in [1.54, 1.807) is 0 Å². The molecule has 8 aromatic rings. The van der Waals surface area contributed by atoms with Crippen LogP contribution in [0.5, 0.6) is 0 Å². The molecule has 39 heavy (non-hydrogen) atoms. The molecule has 5 aromatic carbocycles. The van der Waals surface area contributed by atoms with Crippen molar-refractivity contribution in [3.05, 3.63) is 126 Å². The Hall–Kier alpha value is -4.60. The maximum atomic E-state index is 2.48. The molecule has 0 spiro atoms. The number of allylic oxidation sites excluding steroid dienone is 1. The maximum Gasteiger partial charge on any atom is 0.0719 e. The van der Waals surface area contributed by atoms with Gasteiger partial charge < -0.3 is 9.13 Å². The number of hydrogen-bond donors (Lipinski definition) is 0. The summed E-state index contributed by atoms with van der Waals surface area (Å²) in [5.41, 5.74) is 8.96. The SMILES string of the molecule is C1=Cc2sc3c(ccc4c5cc(-n6c7ccccc7c7ccccc76)ccc5n(-c5ccccc5)c43)c2CC1. The second-order valence-electron chi connectivity index (χ2n) is 10.5. The van der Waals surface area contributed by atoms with Crippen molar-refractivity contribution in [3.8, 4) is 11.4 Å². The highest BCUT2D eigenvalue weighted by Gasteiger charge is 2.21. The van der Waals surface area contributed by atoms with Crippen LogP contribution in [0.1, 0.15) is 16.9 Å². The second kappa shape index (κ2) is 7.95. The molecule has 0 fully saturated rings. The van der Waals surface area contributed by atoms with Gasteiger partial charge in [-0.25, -0.2) is 0 Å². The molecular formula is C36H24N2S. The summed E-state index contributed by atoms with van der Waals surface area (Å²) in [4.78, 5) is 1.42. The van der Waals surface area contributed by atoms with E-state index in [9.17, 15) is 0 Å². The van der Waals surface area contributed by atoms with Gasteiger partial charge in [0.25, 0.3) is 0 Å². The lowest BCUT2D eigenvalue weighted by Gasteiger charge is -2.10. The van der Waals surface area contributed by atoms with Crippen molar-refractivity contribution in [2.24, 2.45) is 0 Å². The summed E-state index contributed by atoms with van der Waals surface area (Å²) in [6.07, 6.45) is 6.90. The molecule has 3 heteroatoms. The summed E-state index contributed by atoms with van der Waals surface area (Å²) in [5.74, 6) is 0. The topological polar surface area (TPSA) is 9.86 Å². The molecule has 0 saturated carbocycles. The number of rotatable bonds is 2. The first-order chi connectivity index (χ1) is 19.4. The van der Waals surface area contributed by atoms with Crippen LogP contribution in [0.15, 0.2) is 115 Å². The fourth-order valence-corrected chi connectivity index (χ4v) is 8.03. The van der Waals surface area contributed by atoms with Gasteiger partial charge in [0, 0.05) is 37.8 Å². The average Bonchev–Trinajstić information content (AvgIpc) is 3.65. The zero-order valence-corrected chi connectivity index (χ0v) is 22.1. The average molecular weight is 517 g/mol. The number of nitrogens with zero attached hydrogens (tertiary/aromatic N) is 2. The van der Waals surface area contributed by atoms with E-state index in [1.807, 2.05) is 11.3 Å². The van der Waals surface area contributed by atoms with Gasteiger partial charge in [-0.05, 0) is 72.3 Å². The largest absolute Gasteiger partial charge is 0.309 e. The lowest BCUT2D eigenvalue weighted by atomic mass is 10.0. The summed E-state index contributed by atoms with van der Waals surface area (Å²) < 4.78 is 6.29. The quantitative estimate of drug-likeness (QED) is 0.216. The fraction of sp³-hybridized carbons (Fsp3) is 0.0556. The lowest BCUT2D eigenvalue weighted by Crippen LogP contribution is -1.95. The minimum Gasteiger partial charge on any atom is -0.309 e. The molecular weight excluding hydrogens is 492 g/mol. The van der Waals surface area contributed by atoms with Crippen molar-refractivity contribution >= 4 is 71.1 Å². The highest BCUT2D eigenvalue weighted by Crippen LogP contribution is 2.44. The zero-order valence-electron chi connectivity index (χ0n) is 21.3. The van der Waals surface area contributed by atoms with Crippen LogP contribution in [0, 0.1) is 0 Å². The number of fused-ring (bicyclic) bond motifs is 10. The molecule has 184 valence electrons. The van der Waals surface area contributed by atoms with E-state index >= 15 is 0 Å². The molecule has 1 aliphatic carbocycles. The minimum atomic E-state index is 1.13. The number of benzene rings is 5. The predicted octanol–water partition coefficient (Wildman–Crippen LogP) is 10.1. The van der Waals surface area contributed by atoms with Gasteiger partial charge in [0.05, 0.1) is 26.8 Å². The molecule has 0 saturated heterocycles. The van der Waals surface area contributed by atoms with Gasteiger partial charge in [-0.1, -0.05) is 72.8 Å². The number of thiophene rings is 1. The number of hydrogen-bond acceptors (Lipinski definition) is 1. The Kier molecular flexibility index (Phi) is 4.35. The lowest BCUT2D eigenvalue weighted by molar-refractivity contribution is 1.01. The van der Waals surface area contributed by atoms with Gasteiger partial charge in [0.1, 0.15) is 0 Å². The van der Waals surface area contributed by atoms with Crippen LogP contribution in [0.25, 0.3) is 71.1 Å². The van der Waals surface area contributed by atoms with Gasteiger partial charge in [-0.2, -0.15) is 0 Å². The van der Waals surface area contributed by atoms with Gasteiger partial charge in [0.15, 0.2) is 0 Å². The highest BCUT2D eigenvalue weighted by molar-refractivity contribution is 7.21. The maximum absolute atomic E-state index is 2.48. The Morgan fingerprint density at radius 2 is 1.23 bits per heavy atom. The zero-order chi connectivity index (χ0) is 25.5. The first-order valence-electron chi connectivity index (χ1n) is 13.6. The Bertz CT molecular complexity index is 2220. The summed E-state index contributed by atoms with van der Waals surface area (Å²) >= 11 is 1.95. The van der Waals surface area contributed by atoms with Gasteiger partial charge in [0.2, 0.25) is 0 Å². The standard InChI is InChI=1S/C36H24N2S/c1-2-10-23(11-3-1)38-33-21-18-24(37-31-15-7-4-12-25(31)26-13-5-8-16-32(26)37)22-30(33)28-19-20-29-27-14-6-9-17-34(27)39-36(29)35(28)38/h1-5,7-13,15-22H,6,14H2. The molecule has 0 unspecified atom stereocenters. The normalized spacial score (nSPS) is 13.3. The van der Waals surface area contributed by atoms with Crippen molar-refractivity contribution < 1.29 is 0 Å². The van der Waals surface area contributed by atoms with E-state index in [0.29, 0.717) is 0 Å². The molecule has 0 atom stereocenters. The molecule has 3 aromatic heterocycles. The first-order valence-corrected chi connectivity index (χ1v) is 14.4. The van der Waals surface area contributed by atoms with Crippen molar-refractivity contribution in [2.75, 3.05) is 0 Å². The number of aromatic nitrogens is 2. The molecule has 0 radical (unpaired) electrons. The van der Waals surface area contributed by atoms with Crippen LogP contribution in [0.3, 0.4) is 0 Å². The van der Waals surface area contributed by atoms with Crippen molar-refractivity contribution in [2.45, 2.75) is 12.8 Å². The van der Waals surface area contributed by atoms with E-state index in [2.05, 4.69) is 130 Å². The summed E-state index contributed by atoms with van der Waals surface area (Å²) in [6, 6.07) is 40.1. The van der Waals surface area contributed by atoms with E-state index in [1.165, 1.54) is 75.5 Å². The second-order valence-corrected chi connectivity index (χ2v) is 11.5. The van der Waals surface area contributed by atoms with E-state index in [4.69, 9.17) is 0 Å². The summed E-state index contributed by atoms with van der Waals surface area (Å²) in [7, 11) is 0. The van der Waals surface area contributed by atoms with Crippen LogP contribution >= 0.6 is 11.3 Å².